The van der Waals surface area contributed by atoms with E-state index in [2.05, 4.69) is 0 Å². The van der Waals surface area contributed by atoms with Gasteiger partial charge in [0.25, 0.3) is 0 Å². The molecule has 8 nitrogen and oxygen atoms in total. The van der Waals surface area contributed by atoms with Crippen LogP contribution in [0.2, 0.25) is 0 Å². The molecule has 2 heterocycles. The molecule has 24 heavy (non-hydrogen) atoms. The minimum atomic E-state index is -3.42. The summed E-state index contributed by atoms with van der Waals surface area (Å²) in [4.78, 5) is 27.0. The van der Waals surface area contributed by atoms with Gasteiger partial charge in [-0.3, -0.25) is 9.69 Å². The molecule has 0 bridgehead atoms. The molecule has 3 atom stereocenters. The fourth-order valence-corrected chi connectivity index (χ4v) is 5.58. The Bertz CT molecular complexity index is 606. The predicted octanol–water partition coefficient (Wildman–Crippen LogP) is -0.133. The number of sulfonamides is 1. The van der Waals surface area contributed by atoms with Gasteiger partial charge in [-0.15, -0.1) is 0 Å². The molecule has 2 aliphatic rings. The van der Waals surface area contributed by atoms with E-state index in [1.165, 1.54) is 16.3 Å². The van der Waals surface area contributed by atoms with Crippen molar-refractivity contribution >= 4 is 21.9 Å². The molecular weight excluding hydrogens is 334 g/mol. The lowest BCUT2D eigenvalue weighted by molar-refractivity contribution is -0.152. The second-order valence-electron chi connectivity index (χ2n) is 7.09. The van der Waals surface area contributed by atoms with Crippen molar-refractivity contribution in [3.8, 4) is 0 Å². The number of likely N-dealkylation sites (tertiary alicyclic amines) is 1. The third-order valence-corrected chi connectivity index (χ3v) is 7.41. The molecule has 1 N–H and O–H groups in total. The number of amides is 1. The maximum atomic E-state index is 12.6. The second-order valence-corrected chi connectivity index (χ2v) is 9.18. The molecule has 9 heteroatoms. The summed E-state index contributed by atoms with van der Waals surface area (Å²) in [7, 11) is -0.164. The molecule has 0 aromatic carbocycles. The van der Waals surface area contributed by atoms with Gasteiger partial charge in [-0.25, -0.2) is 13.2 Å². The smallest absolute Gasteiger partial charge is 0.326 e. The third-order valence-electron chi connectivity index (χ3n) is 5.07. The van der Waals surface area contributed by atoms with Gasteiger partial charge in [-0.1, -0.05) is 13.8 Å². The Labute approximate surface area is 143 Å². The summed E-state index contributed by atoms with van der Waals surface area (Å²) >= 11 is 0. The first-order valence-corrected chi connectivity index (χ1v) is 9.76. The molecule has 0 aromatic heterocycles. The zero-order valence-electron chi connectivity index (χ0n) is 14.7. The Morgan fingerprint density at radius 2 is 1.83 bits per heavy atom. The van der Waals surface area contributed by atoms with Crippen molar-refractivity contribution in [2.24, 2.45) is 11.8 Å². The number of nitrogens with zero attached hydrogens (tertiary/aromatic N) is 3. The minimum Gasteiger partial charge on any atom is -0.480 e. The lowest BCUT2D eigenvalue weighted by Gasteiger charge is -2.39. The van der Waals surface area contributed by atoms with Crippen LogP contribution in [0.15, 0.2) is 0 Å². The largest absolute Gasteiger partial charge is 0.480 e. The number of carbonyl (C=O) groups is 2. The fourth-order valence-electron chi connectivity index (χ4n) is 3.53. The summed E-state index contributed by atoms with van der Waals surface area (Å²) in [5.74, 6) is -2.03. The Morgan fingerprint density at radius 3 is 2.25 bits per heavy atom. The number of aliphatic carboxylic acids is 1. The van der Waals surface area contributed by atoms with E-state index >= 15 is 0 Å². The summed E-state index contributed by atoms with van der Waals surface area (Å²) in [6.45, 7) is 4.72. The van der Waals surface area contributed by atoms with Gasteiger partial charge in [0.1, 0.15) is 11.4 Å². The van der Waals surface area contributed by atoms with Crippen molar-refractivity contribution in [2.75, 3.05) is 33.7 Å². The van der Waals surface area contributed by atoms with E-state index in [0.717, 1.165) is 6.54 Å². The fraction of sp³-hybridized carbons (Fsp3) is 0.867. The van der Waals surface area contributed by atoms with Crippen LogP contribution in [-0.2, 0) is 19.6 Å². The van der Waals surface area contributed by atoms with Crippen LogP contribution >= 0.6 is 0 Å². The molecule has 2 saturated heterocycles. The van der Waals surface area contributed by atoms with Gasteiger partial charge in [0, 0.05) is 26.7 Å². The SMILES string of the molecule is CC(C)C(C(=O)O)N(C)C(=O)[C@H]1CCN(S(=O)(=O)[C@H]2CCN2C)C1. The molecule has 0 aliphatic carbocycles. The summed E-state index contributed by atoms with van der Waals surface area (Å²) in [6, 6.07) is -0.902. The van der Waals surface area contributed by atoms with E-state index in [0.29, 0.717) is 19.4 Å². The Kier molecular flexibility index (Phi) is 5.56. The van der Waals surface area contributed by atoms with E-state index in [1.54, 1.807) is 25.8 Å². The van der Waals surface area contributed by atoms with Gasteiger partial charge in [-0.05, 0) is 25.8 Å². The summed E-state index contributed by atoms with van der Waals surface area (Å²) < 4.78 is 26.5. The number of hydrogen-bond acceptors (Lipinski definition) is 5. The van der Waals surface area contributed by atoms with Crippen molar-refractivity contribution in [1.82, 2.24) is 14.1 Å². The lowest BCUT2D eigenvalue weighted by atomic mass is 10.0. The highest BCUT2D eigenvalue weighted by atomic mass is 32.2. The summed E-state index contributed by atoms with van der Waals surface area (Å²) in [6.07, 6.45) is 1.05. The van der Waals surface area contributed by atoms with Crippen molar-refractivity contribution in [2.45, 2.75) is 38.1 Å². The van der Waals surface area contributed by atoms with Crippen LogP contribution < -0.4 is 0 Å². The summed E-state index contributed by atoms with van der Waals surface area (Å²) in [5, 5.41) is 8.83. The van der Waals surface area contributed by atoms with Crippen LogP contribution in [-0.4, -0.2) is 84.7 Å². The van der Waals surface area contributed by atoms with Crippen molar-refractivity contribution in [1.29, 1.82) is 0 Å². The number of carbonyl (C=O) groups excluding carboxylic acids is 1. The molecule has 1 unspecified atom stereocenters. The normalized spacial score (nSPS) is 27.0. The van der Waals surface area contributed by atoms with Crippen LogP contribution in [0.1, 0.15) is 26.7 Å². The molecule has 0 spiro atoms. The summed E-state index contributed by atoms with van der Waals surface area (Å²) in [5.41, 5.74) is 0. The third kappa shape index (κ3) is 3.43. The standard InChI is InChI=1S/C15H27N3O5S/c1-10(2)13(15(20)21)17(4)14(19)11-5-8-18(9-11)24(22,23)12-6-7-16(12)3/h10-13H,5-9H2,1-4H3,(H,20,21)/t11-,12-,13?/m0/s1. The highest BCUT2D eigenvalue weighted by molar-refractivity contribution is 7.89. The topological polar surface area (TPSA) is 98.2 Å². The first-order valence-electron chi connectivity index (χ1n) is 8.26. The van der Waals surface area contributed by atoms with Gasteiger partial charge in [0.15, 0.2) is 0 Å². The average Bonchev–Trinajstić information content (AvgIpc) is 2.93. The maximum Gasteiger partial charge on any atom is 0.326 e. The molecule has 0 saturated carbocycles. The zero-order valence-corrected chi connectivity index (χ0v) is 15.5. The number of likely N-dealkylation sites (N-methyl/N-ethyl adjacent to an activating group) is 1. The number of rotatable bonds is 6. The van der Waals surface area contributed by atoms with E-state index in [1.807, 2.05) is 0 Å². The van der Waals surface area contributed by atoms with Gasteiger partial charge in [-0.2, -0.15) is 4.31 Å². The number of hydrogen-bond donors (Lipinski definition) is 1. The highest BCUT2D eigenvalue weighted by Crippen LogP contribution is 2.29. The molecule has 138 valence electrons. The van der Waals surface area contributed by atoms with E-state index in [4.69, 9.17) is 0 Å². The number of carboxylic acids is 1. The molecule has 2 rings (SSSR count). The van der Waals surface area contributed by atoms with Crippen LogP contribution in [0.4, 0.5) is 0 Å². The van der Waals surface area contributed by atoms with Gasteiger partial charge < -0.3 is 10.0 Å². The predicted molar refractivity (Wildman–Crippen MR) is 88.7 cm³/mol. The monoisotopic (exact) mass is 361 g/mol. The average molecular weight is 361 g/mol. The van der Waals surface area contributed by atoms with Gasteiger partial charge in [0.05, 0.1) is 5.92 Å². The Morgan fingerprint density at radius 1 is 1.21 bits per heavy atom. The van der Waals surface area contributed by atoms with Crippen molar-refractivity contribution in [3.63, 3.8) is 0 Å². The molecule has 2 aliphatic heterocycles. The molecule has 2 fully saturated rings. The maximum absolute atomic E-state index is 12.6. The van der Waals surface area contributed by atoms with Crippen LogP contribution in [0, 0.1) is 11.8 Å². The first-order chi connectivity index (χ1) is 11.1. The quantitative estimate of drug-likeness (QED) is 0.707. The lowest BCUT2D eigenvalue weighted by Crippen LogP contribution is -2.54. The molecule has 0 aromatic rings. The van der Waals surface area contributed by atoms with Crippen LogP contribution in [0.3, 0.4) is 0 Å². The van der Waals surface area contributed by atoms with E-state index in [9.17, 15) is 23.1 Å². The Hall–Kier alpha value is -1.19. The number of carboxylic acid groups (broad SMARTS) is 1. The Balaban J connectivity index is 2.04. The van der Waals surface area contributed by atoms with Crippen LogP contribution in [0.5, 0.6) is 0 Å². The molecular formula is C15H27N3O5S. The molecule has 0 radical (unpaired) electrons. The minimum absolute atomic E-state index is 0.139. The van der Waals surface area contributed by atoms with Gasteiger partial charge in [0.2, 0.25) is 15.9 Å². The first kappa shape index (κ1) is 19.1. The molecule has 1 amide bonds. The van der Waals surface area contributed by atoms with Crippen molar-refractivity contribution in [3.05, 3.63) is 0 Å². The highest BCUT2D eigenvalue weighted by Gasteiger charge is 2.45. The second kappa shape index (κ2) is 6.97. The van der Waals surface area contributed by atoms with E-state index in [-0.39, 0.29) is 18.4 Å². The van der Waals surface area contributed by atoms with E-state index < -0.39 is 33.3 Å². The zero-order chi connectivity index (χ0) is 18.2. The van der Waals surface area contributed by atoms with Gasteiger partial charge >= 0.3 is 5.97 Å². The van der Waals surface area contributed by atoms with Crippen LogP contribution in [0.25, 0.3) is 0 Å². The van der Waals surface area contributed by atoms with Crippen molar-refractivity contribution < 1.29 is 23.1 Å².